The second-order valence-electron chi connectivity index (χ2n) is 6.18. The van der Waals surface area contributed by atoms with Crippen molar-refractivity contribution >= 4 is 23.7 Å². The SMILES string of the molecule is CCNC(=O)NC(=O)COC(=O)c1ccccc1C(=O)c1cc(C)ccc1C. The number of imide groups is 1. The Bertz CT molecular complexity index is 921. The van der Waals surface area contributed by atoms with Crippen LogP contribution in [0.15, 0.2) is 42.5 Å². The molecule has 28 heavy (non-hydrogen) atoms. The van der Waals surface area contributed by atoms with Crippen LogP contribution in [0, 0.1) is 13.8 Å². The maximum atomic E-state index is 13.0. The van der Waals surface area contributed by atoms with Crippen molar-refractivity contribution < 1.29 is 23.9 Å². The molecule has 3 amide bonds. The molecule has 2 aromatic rings. The molecule has 0 unspecified atom stereocenters. The van der Waals surface area contributed by atoms with Crippen molar-refractivity contribution in [1.29, 1.82) is 0 Å². The Morgan fingerprint density at radius 2 is 1.61 bits per heavy atom. The van der Waals surface area contributed by atoms with Crippen molar-refractivity contribution in [1.82, 2.24) is 10.6 Å². The fourth-order valence-electron chi connectivity index (χ4n) is 2.56. The Morgan fingerprint density at radius 1 is 0.929 bits per heavy atom. The lowest BCUT2D eigenvalue weighted by atomic mass is 9.94. The fraction of sp³-hybridized carbons (Fsp3) is 0.238. The van der Waals surface area contributed by atoms with Crippen molar-refractivity contribution in [2.24, 2.45) is 0 Å². The third-order valence-electron chi connectivity index (χ3n) is 3.95. The van der Waals surface area contributed by atoms with E-state index in [9.17, 15) is 19.2 Å². The lowest BCUT2D eigenvalue weighted by molar-refractivity contribution is -0.123. The summed E-state index contributed by atoms with van der Waals surface area (Å²) in [5.74, 6) is -1.89. The van der Waals surface area contributed by atoms with Gasteiger partial charge >= 0.3 is 12.0 Å². The molecule has 0 fully saturated rings. The van der Waals surface area contributed by atoms with Gasteiger partial charge in [-0.3, -0.25) is 14.9 Å². The number of carbonyl (C=O) groups is 4. The van der Waals surface area contributed by atoms with E-state index in [-0.39, 0.29) is 16.9 Å². The first-order valence-electron chi connectivity index (χ1n) is 8.79. The van der Waals surface area contributed by atoms with E-state index < -0.39 is 24.5 Å². The van der Waals surface area contributed by atoms with Gasteiger partial charge in [0.1, 0.15) is 0 Å². The van der Waals surface area contributed by atoms with Gasteiger partial charge in [0.15, 0.2) is 12.4 Å². The lowest BCUT2D eigenvalue weighted by Gasteiger charge is -2.11. The van der Waals surface area contributed by atoms with Crippen molar-refractivity contribution in [3.05, 3.63) is 70.3 Å². The van der Waals surface area contributed by atoms with Crippen molar-refractivity contribution in [2.45, 2.75) is 20.8 Å². The van der Waals surface area contributed by atoms with Crippen LogP contribution < -0.4 is 10.6 Å². The molecule has 0 saturated heterocycles. The number of benzene rings is 2. The summed E-state index contributed by atoms with van der Waals surface area (Å²) in [7, 11) is 0. The standard InChI is InChI=1S/C21H22N2O5/c1-4-22-21(27)23-18(24)12-28-20(26)16-8-6-5-7-15(16)19(25)17-11-13(2)9-10-14(17)3/h5-11H,4,12H2,1-3H3,(H2,22,23,24,27). The van der Waals surface area contributed by atoms with Crippen LogP contribution in [0.2, 0.25) is 0 Å². The van der Waals surface area contributed by atoms with E-state index in [1.165, 1.54) is 12.1 Å². The van der Waals surface area contributed by atoms with Gasteiger partial charge in [-0.25, -0.2) is 9.59 Å². The first-order valence-corrected chi connectivity index (χ1v) is 8.79. The second-order valence-corrected chi connectivity index (χ2v) is 6.18. The summed E-state index contributed by atoms with van der Waals surface area (Å²) in [5.41, 5.74) is 2.45. The van der Waals surface area contributed by atoms with Gasteiger partial charge in [0, 0.05) is 17.7 Å². The molecular weight excluding hydrogens is 360 g/mol. The molecule has 0 aromatic heterocycles. The Kier molecular flexibility index (Phi) is 7.03. The summed E-state index contributed by atoms with van der Waals surface area (Å²) in [6, 6.07) is 11.1. The van der Waals surface area contributed by atoms with Crippen molar-refractivity contribution in [3.8, 4) is 0 Å². The lowest BCUT2D eigenvalue weighted by Crippen LogP contribution is -2.41. The van der Waals surface area contributed by atoms with Crippen molar-refractivity contribution in [3.63, 3.8) is 0 Å². The van der Waals surface area contributed by atoms with Crippen LogP contribution in [0.3, 0.4) is 0 Å². The van der Waals surface area contributed by atoms with E-state index in [4.69, 9.17) is 4.74 Å². The van der Waals surface area contributed by atoms with Gasteiger partial charge in [0.2, 0.25) is 0 Å². The number of carbonyl (C=O) groups excluding carboxylic acids is 4. The van der Waals surface area contributed by atoms with Gasteiger partial charge in [-0.2, -0.15) is 0 Å². The molecule has 2 rings (SSSR count). The second kappa shape index (κ2) is 9.45. The molecule has 2 aromatic carbocycles. The highest BCUT2D eigenvalue weighted by Gasteiger charge is 2.21. The van der Waals surface area contributed by atoms with Crippen LogP contribution in [0.4, 0.5) is 4.79 Å². The summed E-state index contributed by atoms with van der Waals surface area (Å²) in [5, 5.41) is 4.42. The van der Waals surface area contributed by atoms with Gasteiger partial charge in [-0.15, -0.1) is 0 Å². The zero-order valence-electron chi connectivity index (χ0n) is 16.0. The monoisotopic (exact) mass is 382 g/mol. The zero-order chi connectivity index (χ0) is 20.7. The summed E-state index contributed by atoms with van der Waals surface area (Å²) in [6.07, 6.45) is 0. The molecule has 0 radical (unpaired) electrons. The van der Waals surface area contributed by atoms with Gasteiger partial charge in [-0.05, 0) is 38.5 Å². The highest BCUT2D eigenvalue weighted by atomic mass is 16.5. The van der Waals surface area contributed by atoms with Crippen LogP contribution in [0.25, 0.3) is 0 Å². The Morgan fingerprint density at radius 3 is 2.29 bits per heavy atom. The van der Waals surface area contributed by atoms with Crippen LogP contribution in [-0.4, -0.2) is 36.8 Å². The molecule has 0 saturated carbocycles. The fourth-order valence-corrected chi connectivity index (χ4v) is 2.56. The predicted octanol–water partition coefficient (Wildman–Crippen LogP) is 2.54. The molecule has 0 aliphatic rings. The molecular formula is C21H22N2O5. The minimum absolute atomic E-state index is 0.0548. The van der Waals surface area contributed by atoms with Gasteiger partial charge in [-0.1, -0.05) is 35.9 Å². The molecule has 2 N–H and O–H groups in total. The molecule has 0 aliphatic carbocycles. The quantitative estimate of drug-likeness (QED) is 0.591. The summed E-state index contributed by atoms with van der Waals surface area (Å²) < 4.78 is 4.97. The maximum absolute atomic E-state index is 13.0. The largest absolute Gasteiger partial charge is 0.452 e. The number of rotatable bonds is 6. The smallest absolute Gasteiger partial charge is 0.339 e. The highest BCUT2D eigenvalue weighted by Crippen LogP contribution is 2.19. The predicted molar refractivity (Wildman–Crippen MR) is 103 cm³/mol. The average Bonchev–Trinajstić information content (AvgIpc) is 2.67. The minimum Gasteiger partial charge on any atom is -0.452 e. The Hall–Kier alpha value is -3.48. The van der Waals surface area contributed by atoms with E-state index in [2.05, 4.69) is 5.32 Å². The maximum Gasteiger partial charge on any atom is 0.339 e. The number of ether oxygens (including phenoxy) is 1. The molecule has 0 bridgehead atoms. The van der Waals surface area contributed by atoms with Gasteiger partial charge in [0.25, 0.3) is 5.91 Å². The Labute approximate surface area is 163 Å². The first-order chi connectivity index (χ1) is 13.3. The molecule has 0 spiro atoms. The van der Waals surface area contributed by atoms with E-state index >= 15 is 0 Å². The van der Waals surface area contributed by atoms with E-state index in [0.29, 0.717) is 12.1 Å². The number of esters is 1. The van der Waals surface area contributed by atoms with Gasteiger partial charge < -0.3 is 10.1 Å². The Balaban J connectivity index is 2.16. The zero-order valence-corrected chi connectivity index (χ0v) is 16.0. The topological polar surface area (TPSA) is 102 Å². The van der Waals surface area contributed by atoms with Crippen molar-refractivity contribution in [2.75, 3.05) is 13.2 Å². The summed E-state index contributed by atoms with van der Waals surface area (Å²) >= 11 is 0. The third-order valence-corrected chi connectivity index (χ3v) is 3.95. The first kappa shape index (κ1) is 20.8. The van der Waals surface area contributed by atoms with E-state index in [1.807, 2.05) is 31.3 Å². The average molecular weight is 382 g/mol. The molecule has 146 valence electrons. The molecule has 0 atom stereocenters. The van der Waals surface area contributed by atoms with Crippen LogP contribution in [0.5, 0.6) is 0 Å². The number of aryl methyl sites for hydroxylation is 2. The summed E-state index contributed by atoms with van der Waals surface area (Å²) in [6.45, 7) is 5.12. The molecule has 7 heteroatoms. The normalized spacial score (nSPS) is 10.1. The van der Waals surface area contributed by atoms with Crippen LogP contribution in [-0.2, 0) is 9.53 Å². The number of nitrogens with one attached hydrogen (secondary N) is 2. The third kappa shape index (κ3) is 5.26. The van der Waals surface area contributed by atoms with E-state index in [0.717, 1.165) is 11.1 Å². The number of ketones is 1. The molecule has 0 heterocycles. The highest BCUT2D eigenvalue weighted by molar-refractivity contribution is 6.15. The summed E-state index contributed by atoms with van der Waals surface area (Å²) in [4.78, 5) is 48.3. The number of amides is 3. The molecule has 7 nitrogen and oxygen atoms in total. The minimum atomic E-state index is -0.819. The molecule has 0 aliphatic heterocycles. The van der Waals surface area contributed by atoms with Crippen LogP contribution in [0.1, 0.15) is 44.3 Å². The van der Waals surface area contributed by atoms with Gasteiger partial charge in [0.05, 0.1) is 5.56 Å². The van der Waals surface area contributed by atoms with E-state index in [1.54, 1.807) is 25.1 Å². The van der Waals surface area contributed by atoms with Crippen LogP contribution >= 0.6 is 0 Å². The number of hydrogen-bond acceptors (Lipinski definition) is 5. The number of hydrogen-bond donors (Lipinski definition) is 2. The number of urea groups is 1.